The number of amides is 1. The minimum atomic E-state index is -0.0677. The van der Waals surface area contributed by atoms with Crippen molar-refractivity contribution in [3.8, 4) is 0 Å². The van der Waals surface area contributed by atoms with E-state index in [-0.39, 0.29) is 12.5 Å². The van der Waals surface area contributed by atoms with Crippen molar-refractivity contribution < 1.29 is 9.90 Å². The second kappa shape index (κ2) is 7.38. The van der Waals surface area contributed by atoms with Gasteiger partial charge in [0.2, 0.25) is 5.91 Å². The van der Waals surface area contributed by atoms with Crippen LogP contribution in [0.2, 0.25) is 0 Å². The number of benzene rings is 1. The summed E-state index contributed by atoms with van der Waals surface area (Å²) in [5, 5.41) is 12.0. The summed E-state index contributed by atoms with van der Waals surface area (Å²) in [5.41, 5.74) is 2.81. The maximum atomic E-state index is 12.3. The lowest BCUT2D eigenvalue weighted by molar-refractivity contribution is -0.125. The van der Waals surface area contributed by atoms with Gasteiger partial charge in [0, 0.05) is 36.1 Å². The molecular weight excluding hydrogens is 320 g/mol. The Bertz CT molecular complexity index is 880. The predicted molar refractivity (Wildman–Crippen MR) is 97.5 cm³/mol. The van der Waals surface area contributed by atoms with Gasteiger partial charge in [-0.2, -0.15) is 0 Å². The molecule has 0 atom stereocenters. The van der Waals surface area contributed by atoms with Crippen LogP contribution in [0.25, 0.3) is 17.0 Å². The number of likely N-dealkylation sites (N-methyl/N-ethyl adjacent to an activating group) is 1. The number of fused-ring (bicyclic) bond motifs is 1. The number of rotatable bonds is 5. The molecule has 0 spiro atoms. The molecule has 1 aromatic carbocycles. The monoisotopic (exact) mass is 338 g/mol. The van der Waals surface area contributed by atoms with Gasteiger partial charge in [0.1, 0.15) is 0 Å². The molecule has 24 heavy (non-hydrogen) atoms. The highest BCUT2D eigenvalue weighted by molar-refractivity contribution is 7.11. The Balaban J connectivity index is 1.71. The Labute approximate surface area is 144 Å². The number of thiophene rings is 1. The third kappa shape index (κ3) is 3.69. The minimum absolute atomic E-state index is 0.0201. The number of pyridine rings is 1. The van der Waals surface area contributed by atoms with E-state index < -0.39 is 0 Å². The van der Waals surface area contributed by atoms with Crippen LogP contribution in [0, 0.1) is 0 Å². The minimum Gasteiger partial charge on any atom is -0.392 e. The van der Waals surface area contributed by atoms with Gasteiger partial charge < -0.3 is 10.0 Å². The van der Waals surface area contributed by atoms with Crippen molar-refractivity contribution in [3.05, 3.63) is 70.1 Å². The lowest BCUT2D eigenvalue weighted by atomic mass is 10.1. The van der Waals surface area contributed by atoms with Crippen molar-refractivity contribution in [3.63, 3.8) is 0 Å². The first-order valence-corrected chi connectivity index (χ1v) is 8.49. The Morgan fingerprint density at radius 3 is 2.96 bits per heavy atom. The van der Waals surface area contributed by atoms with Crippen LogP contribution in [0.4, 0.5) is 0 Å². The van der Waals surface area contributed by atoms with Crippen LogP contribution in [0.15, 0.2) is 54.1 Å². The fourth-order valence-corrected chi connectivity index (χ4v) is 3.27. The Morgan fingerprint density at radius 1 is 1.33 bits per heavy atom. The summed E-state index contributed by atoms with van der Waals surface area (Å²) >= 11 is 1.51. The molecule has 0 unspecified atom stereocenters. The zero-order valence-electron chi connectivity index (χ0n) is 13.3. The number of para-hydroxylation sites is 1. The summed E-state index contributed by atoms with van der Waals surface area (Å²) in [6.45, 7) is 0.524. The molecule has 3 aromatic rings. The number of carbonyl (C=O) groups excluding carboxylic acids is 1. The van der Waals surface area contributed by atoms with Gasteiger partial charge in [-0.25, -0.2) is 0 Å². The third-order valence-electron chi connectivity index (χ3n) is 3.75. The molecule has 122 valence electrons. The van der Waals surface area contributed by atoms with Gasteiger partial charge in [-0.15, -0.1) is 11.3 Å². The molecule has 0 saturated carbocycles. The number of aliphatic hydroxyl groups excluding tert-OH is 1. The number of nitrogens with zero attached hydrogens (tertiary/aromatic N) is 2. The summed E-state index contributed by atoms with van der Waals surface area (Å²) in [5.74, 6) is -0.0677. The van der Waals surface area contributed by atoms with Gasteiger partial charge in [0.25, 0.3) is 0 Å². The van der Waals surface area contributed by atoms with Crippen LogP contribution in [0.1, 0.15) is 16.0 Å². The molecular formula is C19H18N2O2S. The summed E-state index contributed by atoms with van der Waals surface area (Å²) in [6, 6.07) is 11.8. The summed E-state index contributed by atoms with van der Waals surface area (Å²) in [7, 11) is 1.78. The average Bonchev–Trinajstić information content (AvgIpc) is 3.08. The predicted octanol–water partition coefficient (Wildman–Crippen LogP) is 3.46. The number of aromatic nitrogens is 1. The van der Waals surface area contributed by atoms with E-state index in [9.17, 15) is 4.79 Å². The lowest BCUT2D eigenvalue weighted by Crippen LogP contribution is -2.24. The van der Waals surface area contributed by atoms with Crippen molar-refractivity contribution in [1.29, 1.82) is 0 Å². The van der Waals surface area contributed by atoms with Crippen molar-refractivity contribution in [2.45, 2.75) is 13.2 Å². The quantitative estimate of drug-likeness (QED) is 0.725. The molecule has 4 nitrogen and oxygen atoms in total. The topological polar surface area (TPSA) is 53.4 Å². The second-order valence-corrected chi connectivity index (χ2v) is 6.48. The lowest BCUT2D eigenvalue weighted by Gasteiger charge is -2.16. The maximum absolute atomic E-state index is 12.3. The van der Waals surface area contributed by atoms with E-state index in [1.54, 1.807) is 30.3 Å². The van der Waals surface area contributed by atoms with Crippen LogP contribution in [0.3, 0.4) is 0 Å². The zero-order valence-corrected chi connectivity index (χ0v) is 14.2. The first-order chi connectivity index (χ1) is 11.7. The highest BCUT2D eigenvalue weighted by atomic mass is 32.1. The standard InChI is InChI=1S/C19H18N2O2S/c1-21(18(23)8-7-17-10-14(12-22)13-24-17)11-16-5-2-4-15-6-3-9-20-19(15)16/h2-10,13,22H,11-12H2,1H3. The van der Waals surface area contributed by atoms with Crippen molar-refractivity contribution in [1.82, 2.24) is 9.88 Å². The van der Waals surface area contributed by atoms with E-state index in [0.717, 1.165) is 26.9 Å². The van der Waals surface area contributed by atoms with Crippen LogP contribution in [0.5, 0.6) is 0 Å². The molecule has 0 bridgehead atoms. The summed E-state index contributed by atoms with van der Waals surface area (Å²) in [6.07, 6.45) is 5.11. The summed E-state index contributed by atoms with van der Waals surface area (Å²) in [4.78, 5) is 19.3. The molecule has 0 radical (unpaired) electrons. The molecule has 0 aliphatic carbocycles. The number of aliphatic hydroxyl groups is 1. The highest BCUT2D eigenvalue weighted by Gasteiger charge is 2.09. The first-order valence-electron chi connectivity index (χ1n) is 7.61. The number of carbonyl (C=O) groups is 1. The molecule has 0 fully saturated rings. The van der Waals surface area contributed by atoms with Crippen molar-refractivity contribution >= 4 is 34.2 Å². The van der Waals surface area contributed by atoms with E-state index in [4.69, 9.17) is 5.11 Å². The smallest absolute Gasteiger partial charge is 0.246 e. The SMILES string of the molecule is CN(Cc1cccc2cccnc12)C(=O)C=Cc1cc(CO)cs1. The molecule has 2 aromatic heterocycles. The van der Waals surface area contributed by atoms with E-state index in [1.165, 1.54) is 11.3 Å². The third-order valence-corrected chi connectivity index (χ3v) is 4.69. The Hall–Kier alpha value is -2.50. The number of hydrogen-bond donors (Lipinski definition) is 1. The van der Waals surface area contributed by atoms with Crippen LogP contribution < -0.4 is 0 Å². The number of hydrogen-bond acceptors (Lipinski definition) is 4. The molecule has 1 N–H and O–H groups in total. The van der Waals surface area contributed by atoms with Gasteiger partial charge >= 0.3 is 0 Å². The zero-order chi connectivity index (χ0) is 16.9. The van der Waals surface area contributed by atoms with Gasteiger partial charge in [-0.3, -0.25) is 9.78 Å². The molecule has 2 heterocycles. The Morgan fingerprint density at radius 2 is 2.17 bits per heavy atom. The molecule has 0 saturated heterocycles. The van der Waals surface area contributed by atoms with Gasteiger partial charge in [0.15, 0.2) is 0 Å². The van der Waals surface area contributed by atoms with Gasteiger partial charge in [-0.1, -0.05) is 24.3 Å². The van der Waals surface area contributed by atoms with E-state index in [2.05, 4.69) is 4.98 Å². The average molecular weight is 338 g/mol. The fraction of sp³-hybridized carbons (Fsp3) is 0.158. The highest BCUT2D eigenvalue weighted by Crippen LogP contribution is 2.18. The van der Waals surface area contributed by atoms with E-state index in [1.807, 2.05) is 41.8 Å². The molecule has 5 heteroatoms. The second-order valence-electron chi connectivity index (χ2n) is 5.54. The fourth-order valence-electron chi connectivity index (χ4n) is 2.47. The molecule has 3 rings (SSSR count). The van der Waals surface area contributed by atoms with Crippen LogP contribution in [-0.4, -0.2) is 27.9 Å². The first kappa shape index (κ1) is 16.4. The molecule has 0 aliphatic rings. The van der Waals surface area contributed by atoms with Crippen molar-refractivity contribution in [2.75, 3.05) is 7.05 Å². The Kier molecular flexibility index (Phi) is 5.03. The van der Waals surface area contributed by atoms with Crippen LogP contribution >= 0.6 is 11.3 Å². The van der Waals surface area contributed by atoms with Crippen molar-refractivity contribution in [2.24, 2.45) is 0 Å². The van der Waals surface area contributed by atoms with Crippen LogP contribution in [-0.2, 0) is 17.9 Å². The molecule has 1 amide bonds. The van der Waals surface area contributed by atoms with Gasteiger partial charge in [0.05, 0.1) is 12.1 Å². The molecule has 0 aliphatic heterocycles. The maximum Gasteiger partial charge on any atom is 0.246 e. The van der Waals surface area contributed by atoms with Gasteiger partial charge in [-0.05, 0) is 34.7 Å². The largest absolute Gasteiger partial charge is 0.392 e. The van der Waals surface area contributed by atoms with E-state index >= 15 is 0 Å². The summed E-state index contributed by atoms with van der Waals surface area (Å²) < 4.78 is 0. The van der Waals surface area contributed by atoms with E-state index in [0.29, 0.717) is 6.54 Å². The normalized spacial score (nSPS) is 11.2.